The summed E-state index contributed by atoms with van der Waals surface area (Å²) in [5.41, 5.74) is 5.47. The Morgan fingerprint density at radius 2 is 1.49 bits per heavy atom. The van der Waals surface area contributed by atoms with E-state index in [1.165, 1.54) is 18.0 Å². The van der Waals surface area contributed by atoms with Crippen molar-refractivity contribution in [1.29, 1.82) is 0 Å². The Morgan fingerprint density at radius 3 is 2.14 bits per heavy atom. The summed E-state index contributed by atoms with van der Waals surface area (Å²) in [5.74, 6) is -0.0357. The normalized spacial score (nSPS) is 12.7. The van der Waals surface area contributed by atoms with E-state index in [-0.39, 0.29) is 36.0 Å². The highest BCUT2D eigenvalue weighted by Gasteiger charge is 2.27. The van der Waals surface area contributed by atoms with Crippen molar-refractivity contribution in [2.24, 2.45) is 13.0 Å². The van der Waals surface area contributed by atoms with E-state index in [2.05, 4.69) is 86.3 Å². The first-order chi connectivity index (χ1) is 16.5. The van der Waals surface area contributed by atoms with Crippen molar-refractivity contribution >= 4 is 16.9 Å². The summed E-state index contributed by atoms with van der Waals surface area (Å²) in [4.78, 5) is 12.5. The Morgan fingerprint density at radius 1 is 0.857 bits per heavy atom. The van der Waals surface area contributed by atoms with Crippen molar-refractivity contribution in [3.8, 4) is 11.1 Å². The molecule has 0 unspecified atom stereocenters. The summed E-state index contributed by atoms with van der Waals surface area (Å²) in [5, 5.41) is 1.20. The van der Waals surface area contributed by atoms with Crippen LogP contribution < -0.4 is 28.5 Å². The molecule has 4 nitrogen and oxygen atoms in total. The fraction of sp³-hybridized carbons (Fsp3) is 0.267. The number of halogens is 1. The molecular formula is C30H32INO3. The van der Waals surface area contributed by atoms with Crippen molar-refractivity contribution in [2.75, 3.05) is 7.11 Å². The molecule has 0 bridgehead atoms. The van der Waals surface area contributed by atoms with Crippen molar-refractivity contribution in [1.82, 2.24) is 0 Å². The average Bonchev–Trinajstić information content (AvgIpc) is 2.86. The predicted octanol–water partition coefficient (Wildman–Crippen LogP) is 3.03. The first-order valence-corrected chi connectivity index (χ1v) is 11.7. The topological polar surface area (TPSA) is 39.4 Å². The molecule has 0 aliphatic rings. The second kappa shape index (κ2) is 12.3. The third kappa shape index (κ3) is 6.47. The number of fused-ring (bicyclic) bond motifs is 1. The number of aryl methyl sites for hydroxylation is 1. The van der Waals surface area contributed by atoms with Crippen LogP contribution in [0.3, 0.4) is 0 Å². The minimum atomic E-state index is -0.630. The van der Waals surface area contributed by atoms with E-state index in [4.69, 9.17) is 9.47 Å². The van der Waals surface area contributed by atoms with Gasteiger partial charge in [-0.25, -0.2) is 9.36 Å². The van der Waals surface area contributed by atoms with E-state index in [1.54, 1.807) is 0 Å². The first kappa shape index (κ1) is 26.8. The van der Waals surface area contributed by atoms with E-state index >= 15 is 0 Å². The molecule has 1 heterocycles. The Kier molecular flexibility index (Phi) is 9.40. The second-order valence-corrected chi connectivity index (χ2v) is 9.09. The van der Waals surface area contributed by atoms with E-state index in [1.807, 2.05) is 30.3 Å². The van der Waals surface area contributed by atoms with Crippen LogP contribution in [0.4, 0.5) is 0 Å². The van der Waals surface area contributed by atoms with Gasteiger partial charge in [0.25, 0.3) is 0 Å². The number of rotatable bonds is 8. The number of ether oxygens (including phenoxy) is 2. The molecule has 1 aromatic heterocycles. The molecule has 0 aliphatic carbocycles. The molecule has 0 saturated carbocycles. The Hall–Kier alpha value is -2.77. The number of aromatic nitrogens is 1. The van der Waals surface area contributed by atoms with Gasteiger partial charge >= 0.3 is 5.97 Å². The van der Waals surface area contributed by atoms with Gasteiger partial charge in [-0.1, -0.05) is 80.6 Å². The SMILES string of the molecule is COC(=O)[C@H](CC(C)C)O[C@H](c1ccccc1)c1ccc(-c2cc3ccccc3[n+](C)c2)cc1.[I-]. The van der Waals surface area contributed by atoms with E-state index in [0.717, 1.165) is 22.3 Å². The fourth-order valence-electron chi connectivity index (χ4n) is 4.33. The highest BCUT2D eigenvalue weighted by molar-refractivity contribution is 5.80. The number of para-hydroxylation sites is 1. The molecule has 5 heteroatoms. The monoisotopic (exact) mass is 581 g/mol. The zero-order chi connectivity index (χ0) is 24.1. The number of hydrogen-bond acceptors (Lipinski definition) is 3. The molecule has 4 aromatic rings. The van der Waals surface area contributed by atoms with Gasteiger partial charge in [-0.2, -0.15) is 0 Å². The number of carbonyl (C=O) groups excluding carboxylic acids is 1. The maximum Gasteiger partial charge on any atom is 0.335 e. The van der Waals surface area contributed by atoms with Gasteiger partial charge in [0.2, 0.25) is 5.52 Å². The zero-order valence-corrected chi connectivity index (χ0v) is 22.8. The van der Waals surface area contributed by atoms with Gasteiger partial charge in [0, 0.05) is 17.0 Å². The molecule has 0 aliphatic heterocycles. The lowest BCUT2D eigenvalue weighted by molar-refractivity contribution is -0.644. The average molecular weight is 581 g/mol. The molecular weight excluding hydrogens is 549 g/mol. The molecule has 0 radical (unpaired) electrons. The summed E-state index contributed by atoms with van der Waals surface area (Å²) < 4.78 is 13.6. The highest BCUT2D eigenvalue weighted by Crippen LogP contribution is 2.31. The lowest BCUT2D eigenvalue weighted by Gasteiger charge is -2.25. The van der Waals surface area contributed by atoms with E-state index < -0.39 is 6.10 Å². The number of benzene rings is 3. The number of nitrogens with zero attached hydrogens (tertiary/aromatic N) is 1. The second-order valence-electron chi connectivity index (χ2n) is 9.09. The fourth-order valence-corrected chi connectivity index (χ4v) is 4.33. The van der Waals surface area contributed by atoms with Crippen LogP contribution in [0.25, 0.3) is 22.0 Å². The molecule has 182 valence electrons. The van der Waals surface area contributed by atoms with Crippen LogP contribution in [0.1, 0.15) is 37.5 Å². The number of methoxy groups -OCH3 is 1. The summed E-state index contributed by atoms with van der Waals surface area (Å²) in [7, 11) is 3.48. The van der Waals surface area contributed by atoms with Crippen LogP contribution in [0.2, 0.25) is 0 Å². The van der Waals surface area contributed by atoms with Gasteiger partial charge < -0.3 is 33.5 Å². The van der Waals surface area contributed by atoms with Crippen molar-refractivity contribution in [2.45, 2.75) is 32.5 Å². The lowest BCUT2D eigenvalue weighted by atomic mass is 9.97. The summed E-state index contributed by atoms with van der Waals surface area (Å²) >= 11 is 0. The van der Waals surface area contributed by atoms with Gasteiger partial charge in [-0.05, 0) is 41.2 Å². The maximum atomic E-state index is 12.5. The Balaban J connectivity index is 0.00000342. The van der Waals surface area contributed by atoms with Gasteiger partial charge in [0.15, 0.2) is 12.3 Å². The van der Waals surface area contributed by atoms with Crippen molar-refractivity contribution in [3.05, 3.63) is 102 Å². The molecule has 3 aromatic carbocycles. The molecule has 0 fully saturated rings. The first-order valence-electron chi connectivity index (χ1n) is 11.7. The van der Waals surface area contributed by atoms with Gasteiger partial charge in [-0.3, -0.25) is 0 Å². The third-order valence-electron chi connectivity index (χ3n) is 6.06. The highest BCUT2D eigenvalue weighted by atomic mass is 127. The number of esters is 1. The van der Waals surface area contributed by atoms with Gasteiger partial charge in [0.1, 0.15) is 13.2 Å². The number of hydrogen-bond donors (Lipinski definition) is 0. The molecule has 2 atom stereocenters. The summed E-state index contributed by atoms with van der Waals surface area (Å²) in [6.07, 6.45) is 1.75. The number of carbonyl (C=O) groups is 1. The van der Waals surface area contributed by atoms with Crippen LogP contribution >= 0.6 is 0 Å². The Labute approximate surface area is 224 Å². The van der Waals surface area contributed by atoms with Crippen LogP contribution in [-0.2, 0) is 21.3 Å². The van der Waals surface area contributed by atoms with Crippen LogP contribution in [0.5, 0.6) is 0 Å². The lowest BCUT2D eigenvalue weighted by Crippen LogP contribution is -3.00. The number of pyridine rings is 1. The van der Waals surface area contributed by atoms with E-state index in [9.17, 15) is 4.79 Å². The third-order valence-corrected chi connectivity index (χ3v) is 6.06. The summed E-state index contributed by atoms with van der Waals surface area (Å²) in [6.45, 7) is 4.16. The van der Waals surface area contributed by atoms with E-state index in [0.29, 0.717) is 12.3 Å². The van der Waals surface area contributed by atoms with Gasteiger partial charge in [0.05, 0.1) is 7.11 Å². The van der Waals surface area contributed by atoms with Gasteiger partial charge in [-0.15, -0.1) is 0 Å². The van der Waals surface area contributed by atoms with Crippen molar-refractivity contribution < 1.29 is 42.8 Å². The molecule has 35 heavy (non-hydrogen) atoms. The van der Waals surface area contributed by atoms with Crippen molar-refractivity contribution in [3.63, 3.8) is 0 Å². The standard InChI is InChI=1S/C30H32NO3.HI/c1-21(2)18-28(30(32)33-4)34-29(23-10-6-5-7-11-23)24-16-14-22(15-17-24)26-19-25-12-8-9-13-27(25)31(3)20-26;/h5-17,19-21,28-29H,18H2,1-4H3;1H/q+1;/p-1/t28-,29+;/m0./s1. The molecule has 4 rings (SSSR count). The smallest absolute Gasteiger partial charge is 0.335 e. The van der Waals surface area contributed by atoms with Crippen LogP contribution in [0, 0.1) is 5.92 Å². The maximum absolute atomic E-state index is 12.5. The Bertz CT molecular complexity index is 1260. The largest absolute Gasteiger partial charge is 1.00 e. The van der Waals surface area contributed by atoms with Crippen LogP contribution in [0.15, 0.2) is 91.1 Å². The molecule has 0 amide bonds. The summed E-state index contributed by atoms with van der Waals surface area (Å²) in [6, 6.07) is 29.0. The minimum Gasteiger partial charge on any atom is -1.00 e. The van der Waals surface area contributed by atoms with Crippen LogP contribution in [-0.4, -0.2) is 19.2 Å². The molecule has 0 spiro atoms. The molecule has 0 N–H and O–H groups in total. The predicted molar refractivity (Wildman–Crippen MR) is 135 cm³/mol. The minimum absolute atomic E-state index is 0. The zero-order valence-electron chi connectivity index (χ0n) is 20.6. The molecule has 0 saturated heterocycles. The quantitative estimate of drug-likeness (QED) is 0.183.